The summed E-state index contributed by atoms with van der Waals surface area (Å²) >= 11 is 6.22. The zero-order valence-corrected chi connectivity index (χ0v) is 17.7. The van der Waals surface area contributed by atoms with Gasteiger partial charge in [-0.2, -0.15) is 0 Å². The summed E-state index contributed by atoms with van der Waals surface area (Å²) < 4.78 is 0. The van der Waals surface area contributed by atoms with Crippen molar-refractivity contribution in [2.24, 2.45) is 0 Å². The molecule has 3 rings (SSSR count). The number of hydrogen-bond acceptors (Lipinski definition) is 4. The number of likely N-dealkylation sites (tertiary alicyclic amines) is 1. The van der Waals surface area contributed by atoms with Gasteiger partial charge in [0.05, 0.1) is 5.41 Å². The first-order valence-corrected chi connectivity index (χ1v) is 10.8. The highest BCUT2D eigenvalue weighted by molar-refractivity contribution is 6.30. The molecule has 0 N–H and O–H groups in total. The first-order valence-electron chi connectivity index (χ1n) is 10.5. The Labute approximate surface area is 169 Å². The van der Waals surface area contributed by atoms with E-state index < -0.39 is 0 Å². The van der Waals surface area contributed by atoms with Crippen molar-refractivity contribution in [2.75, 3.05) is 59.4 Å². The van der Waals surface area contributed by atoms with E-state index in [4.69, 9.17) is 11.6 Å². The normalized spacial score (nSPS) is 22.0. The summed E-state index contributed by atoms with van der Waals surface area (Å²) in [7, 11) is 2.20. The topological polar surface area (TPSA) is 26.8 Å². The Hall–Kier alpha value is -0.940. The molecule has 0 atom stereocenters. The van der Waals surface area contributed by atoms with E-state index >= 15 is 0 Å². The second-order valence-corrected chi connectivity index (χ2v) is 8.65. The standard InChI is InChI=1S/C22H34ClN3O/c1-3-21(27)22(19-6-4-7-20(23)18-19)8-12-25(13-9-22)10-5-11-26-16-14-24(2)15-17-26/h4,6-7,18H,3,5,8-17H2,1-2H3. The summed E-state index contributed by atoms with van der Waals surface area (Å²) in [6, 6.07) is 7.95. The number of halogens is 1. The number of carbonyl (C=O) groups excluding carboxylic acids is 1. The van der Waals surface area contributed by atoms with Crippen molar-refractivity contribution in [3.8, 4) is 0 Å². The average Bonchev–Trinajstić information content (AvgIpc) is 2.69. The maximum atomic E-state index is 12.9. The fraction of sp³-hybridized carbons (Fsp3) is 0.682. The number of ketones is 1. The van der Waals surface area contributed by atoms with Crippen LogP contribution in [-0.2, 0) is 10.2 Å². The largest absolute Gasteiger partial charge is 0.304 e. The number of carbonyl (C=O) groups is 1. The van der Waals surface area contributed by atoms with Gasteiger partial charge in [-0.25, -0.2) is 0 Å². The molecule has 0 aliphatic carbocycles. The molecule has 0 aromatic heterocycles. The van der Waals surface area contributed by atoms with Crippen LogP contribution in [0.1, 0.15) is 38.2 Å². The number of rotatable bonds is 7. The van der Waals surface area contributed by atoms with Crippen molar-refractivity contribution in [2.45, 2.75) is 38.0 Å². The minimum Gasteiger partial charge on any atom is -0.304 e. The quantitative estimate of drug-likeness (QED) is 0.712. The van der Waals surface area contributed by atoms with Crippen molar-refractivity contribution >= 4 is 17.4 Å². The second kappa shape index (κ2) is 9.51. The van der Waals surface area contributed by atoms with Gasteiger partial charge in [-0.05, 0) is 70.2 Å². The first kappa shape index (κ1) is 20.8. The van der Waals surface area contributed by atoms with Gasteiger partial charge in [-0.1, -0.05) is 30.7 Å². The predicted molar refractivity (Wildman–Crippen MR) is 113 cm³/mol. The highest BCUT2D eigenvalue weighted by Gasteiger charge is 2.41. The lowest BCUT2D eigenvalue weighted by molar-refractivity contribution is -0.126. The Morgan fingerprint density at radius 1 is 1.04 bits per heavy atom. The molecule has 0 radical (unpaired) electrons. The van der Waals surface area contributed by atoms with E-state index in [0.717, 1.165) is 43.1 Å². The summed E-state index contributed by atoms with van der Waals surface area (Å²) in [6.07, 6.45) is 3.63. The third kappa shape index (κ3) is 5.11. The molecule has 2 heterocycles. The van der Waals surface area contributed by atoms with E-state index in [2.05, 4.69) is 27.8 Å². The Balaban J connectivity index is 1.53. The van der Waals surface area contributed by atoms with E-state index in [1.165, 1.54) is 39.1 Å². The number of Topliss-reactive ketones (excluding diaryl/α,β-unsaturated/α-hetero) is 1. The van der Waals surface area contributed by atoms with Crippen LogP contribution in [0.2, 0.25) is 5.02 Å². The lowest BCUT2D eigenvalue weighted by Crippen LogP contribution is -2.48. The van der Waals surface area contributed by atoms with Crippen molar-refractivity contribution in [1.29, 1.82) is 0 Å². The summed E-state index contributed by atoms with van der Waals surface area (Å²) in [5.74, 6) is 0.363. The number of hydrogen-bond donors (Lipinski definition) is 0. The summed E-state index contributed by atoms with van der Waals surface area (Å²) in [5.41, 5.74) is 0.770. The predicted octanol–water partition coefficient (Wildman–Crippen LogP) is 3.29. The van der Waals surface area contributed by atoms with Gasteiger partial charge in [0, 0.05) is 37.6 Å². The smallest absolute Gasteiger partial charge is 0.143 e. The van der Waals surface area contributed by atoms with E-state index in [1.54, 1.807) is 0 Å². The molecule has 0 saturated carbocycles. The molecular formula is C22H34ClN3O. The molecule has 2 aliphatic rings. The van der Waals surface area contributed by atoms with Gasteiger partial charge in [0.1, 0.15) is 5.78 Å². The maximum absolute atomic E-state index is 12.9. The van der Waals surface area contributed by atoms with E-state index in [-0.39, 0.29) is 5.41 Å². The lowest BCUT2D eigenvalue weighted by atomic mass is 9.69. The Kier molecular flexibility index (Phi) is 7.32. The van der Waals surface area contributed by atoms with Crippen LogP contribution in [0.15, 0.2) is 24.3 Å². The van der Waals surface area contributed by atoms with Crippen LogP contribution in [0.5, 0.6) is 0 Å². The van der Waals surface area contributed by atoms with E-state index in [9.17, 15) is 4.79 Å². The number of piperidine rings is 1. The summed E-state index contributed by atoms with van der Waals surface area (Å²) in [5, 5.41) is 0.727. The van der Waals surface area contributed by atoms with E-state index in [0.29, 0.717) is 12.2 Å². The molecular weight excluding hydrogens is 358 g/mol. The monoisotopic (exact) mass is 391 g/mol. The van der Waals surface area contributed by atoms with Crippen LogP contribution in [0.25, 0.3) is 0 Å². The SMILES string of the molecule is CCC(=O)C1(c2cccc(Cl)c2)CCN(CCCN2CCN(C)CC2)CC1. The second-order valence-electron chi connectivity index (χ2n) is 8.21. The highest BCUT2D eigenvalue weighted by Crippen LogP contribution is 2.38. The van der Waals surface area contributed by atoms with Gasteiger partial charge < -0.3 is 14.7 Å². The third-order valence-electron chi connectivity index (χ3n) is 6.49. The first-order chi connectivity index (χ1) is 13.0. The van der Waals surface area contributed by atoms with Gasteiger partial charge in [-0.15, -0.1) is 0 Å². The molecule has 5 heteroatoms. The lowest BCUT2D eigenvalue weighted by Gasteiger charge is -2.41. The number of benzene rings is 1. The summed E-state index contributed by atoms with van der Waals surface area (Å²) in [4.78, 5) is 20.4. The molecule has 150 valence electrons. The molecule has 4 nitrogen and oxygen atoms in total. The minimum atomic E-state index is -0.340. The number of likely N-dealkylation sites (N-methyl/N-ethyl adjacent to an activating group) is 1. The van der Waals surface area contributed by atoms with Gasteiger partial charge in [0.25, 0.3) is 0 Å². The van der Waals surface area contributed by atoms with Crippen LogP contribution >= 0.6 is 11.6 Å². The molecule has 0 spiro atoms. The highest BCUT2D eigenvalue weighted by atomic mass is 35.5. The van der Waals surface area contributed by atoms with Gasteiger partial charge in [0.15, 0.2) is 0 Å². The van der Waals surface area contributed by atoms with Crippen LogP contribution < -0.4 is 0 Å². The fourth-order valence-corrected chi connectivity index (χ4v) is 4.79. The Morgan fingerprint density at radius 3 is 2.26 bits per heavy atom. The van der Waals surface area contributed by atoms with Crippen LogP contribution in [0.4, 0.5) is 0 Å². The Bertz CT molecular complexity index is 620. The molecule has 1 aromatic rings. The van der Waals surface area contributed by atoms with Gasteiger partial charge >= 0.3 is 0 Å². The molecule has 1 aromatic carbocycles. The zero-order chi connectivity index (χ0) is 19.3. The van der Waals surface area contributed by atoms with Crippen molar-refractivity contribution < 1.29 is 4.79 Å². The molecule has 27 heavy (non-hydrogen) atoms. The Morgan fingerprint density at radius 2 is 1.67 bits per heavy atom. The fourth-order valence-electron chi connectivity index (χ4n) is 4.60. The van der Waals surface area contributed by atoms with Crippen molar-refractivity contribution in [3.05, 3.63) is 34.9 Å². The van der Waals surface area contributed by atoms with Crippen LogP contribution in [-0.4, -0.2) is 79.9 Å². The average molecular weight is 392 g/mol. The van der Waals surface area contributed by atoms with Gasteiger partial charge in [0.2, 0.25) is 0 Å². The molecule has 0 bridgehead atoms. The molecule has 2 saturated heterocycles. The number of nitrogens with zero attached hydrogens (tertiary/aromatic N) is 3. The maximum Gasteiger partial charge on any atom is 0.143 e. The van der Waals surface area contributed by atoms with Crippen LogP contribution in [0.3, 0.4) is 0 Å². The van der Waals surface area contributed by atoms with E-state index in [1.807, 2.05) is 25.1 Å². The minimum absolute atomic E-state index is 0.340. The third-order valence-corrected chi connectivity index (χ3v) is 6.72. The van der Waals surface area contributed by atoms with Gasteiger partial charge in [-0.3, -0.25) is 4.79 Å². The van der Waals surface area contributed by atoms with Crippen molar-refractivity contribution in [3.63, 3.8) is 0 Å². The molecule has 2 aliphatic heterocycles. The zero-order valence-electron chi connectivity index (χ0n) is 16.9. The van der Waals surface area contributed by atoms with Crippen LogP contribution in [0, 0.1) is 0 Å². The molecule has 2 fully saturated rings. The number of piperazine rings is 1. The molecule has 0 unspecified atom stereocenters. The summed E-state index contributed by atoms with van der Waals surface area (Å²) in [6.45, 7) is 11.1. The molecule has 0 amide bonds. The van der Waals surface area contributed by atoms with Crippen molar-refractivity contribution in [1.82, 2.24) is 14.7 Å².